The van der Waals surface area contributed by atoms with E-state index < -0.39 is 0 Å². The highest BCUT2D eigenvalue weighted by molar-refractivity contribution is 5.93. The van der Waals surface area contributed by atoms with E-state index in [2.05, 4.69) is 17.6 Å². The summed E-state index contributed by atoms with van der Waals surface area (Å²) in [6, 6.07) is 4.96. The molecule has 1 aliphatic rings. The van der Waals surface area contributed by atoms with Gasteiger partial charge in [-0.25, -0.2) is 0 Å². The highest BCUT2D eigenvalue weighted by Gasteiger charge is 2.29. The maximum Gasteiger partial charge on any atom is 0.229 e. The summed E-state index contributed by atoms with van der Waals surface area (Å²) in [7, 11) is 0. The molecule has 1 amide bonds. The lowest BCUT2D eigenvalue weighted by Gasteiger charge is -2.15. The highest BCUT2D eigenvalue weighted by atomic mass is 16.3. The molecular formula is C13H18N2O2. The van der Waals surface area contributed by atoms with E-state index in [-0.39, 0.29) is 17.6 Å². The van der Waals surface area contributed by atoms with E-state index >= 15 is 0 Å². The topological polar surface area (TPSA) is 61.4 Å². The van der Waals surface area contributed by atoms with Gasteiger partial charge >= 0.3 is 0 Å². The van der Waals surface area contributed by atoms with E-state index in [9.17, 15) is 9.90 Å². The largest absolute Gasteiger partial charge is 0.508 e. The third-order valence-corrected chi connectivity index (χ3v) is 3.32. The van der Waals surface area contributed by atoms with Crippen LogP contribution in [0.4, 0.5) is 5.69 Å². The summed E-state index contributed by atoms with van der Waals surface area (Å²) in [5.41, 5.74) is 1.64. The molecule has 0 aliphatic carbocycles. The van der Waals surface area contributed by atoms with Crippen LogP contribution in [0.5, 0.6) is 5.75 Å². The fraction of sp³-hybridized carbons (Fsp3) is 0.462. The molecule has 0 aromatic heterocycles. The lowest BCUT2D eigenvalue weighted by Crippen LogP contribution is -2.28. The van der Waals surface area contributed by atoms with E-state index in [0.29, 0.717) is 5.92 Å². The first-order valence-electron chi connectivity index (χ1n) is 5.89. The molecule has 2 atom stereocenters. The van der Waals surface area contributed by atoms with Crippen LogP contribution in [-0.4, -0.2) is 24.1 Å². The zero-order valence-corrected chi connectivity index (χ0v) is 10.2. The van der Waals surface area contributed by atoms with Crippen molar-refractivity contribution in [2.45, 2.75) is 13.8 Å². The van der Waals surface area contributed by atoms with Crippen molar-refractivity contribution in [3.8, 4) is 5.75 Å². The van der Waals surface area contributed by atoms with Gasteiger partial charge in [-0.1, -0.05) is 6.92 Å². The van der Waals surface area contributed by atoms with Gasteiger partial charge in [0.05, 0.1) is 5.92 Å². The molecule has 17 heavy (non-hydrogen) atoms. The van der Waals surface area contributed by atoms with Crippen molar-refractivity contribution in [2.75, 3.05) is 18.4 Å². The Balaban J connectivity index is 2.07. The number of hydrogen-bond acceptors (Lipinski definition) is 3. The molecule has 1 aliphatic heterocycles. The Kier molecular flexibility index (Phi) is 3.33. The molecule has 1 aromatic carbocycles. The Morgan fingerprint density at radius 1 is 1.47 bits per heavy atom. The van der Waals surface area contributed by atoms with Crippen molar-refractivity contribution in [3.63, 3.8) is 0 Å². The molecule has 4 heteroatoms. The number of aryl methyl sites for hydroxylation is 1. The molecule has 3 N–H and O–H groups in total. The van der Waals surface area contributed by atoms with Gasteiger partial charge in [0.15, 0.2) is 0 Å². The van der Waals surface area contributed by atoms with Gasteiger partial charge in [0.1, 0.15) is 5.75 Å². The van der Waals surface area contributed by atoms with E-state index in [0.717, 1.165) is 24.3 Å². The number of hydrogen-bond donors (Lipinski definition) is 3. The molecule has 1 heterocycles. The normalized spacial score (nSPS) is 23.6. The average Bonchev–Trinajstić information content (AvgIpc) is 2.68. The number of phenolic OH excluding ortho intramolecular Hbond substituents is 1. The second-order valence-corrected chi connectivity index (χ2v) is 4.73. The maximum atomic E-state index is 12.0. The zero-order chi connectivity index (χ0) is 12.4. The maximum absolute atomic E-state index is 12.0. The number of aromatic hydroxyl groups is 1. The van der Waals surface area contributed by atoms with E-state index in [1.165, 1.54) is 0 Å². The minimum absolute atomic E-state index is 0.0307. The van der Waals surface area contributed by atoms with Crippen LogP contribution in [0.15, 0.2) is 18.2 Å². The SMILES string of the molecule is Cc1cc(O)ccc1NC(=O)C1CNCC1C. The molecule has 0 spiro atoms. The molecule has 92 valence electrons. The van der Waals surface area contributed by atoms with Crippen molar-refractivity contribution >= 4 is 11.6 Å². The molecule has 2 rings (SSSR count). The molecule has 1 aromatic rings. The first-order valence-corrected chi connectivity index (χ1v) is 5.89. The molecule has 0 saturated carbocycles. The average molecular weight is 234 g/mol. The smallest absolute Gasteiger partial charge is 0.229 e. The third kappa shape index (κ3) is 2.58. The molecule has 0 radical (unpaired) electrons. The number of carbonyl (C=O) groups excluding carboxylic acids is 1. The van der Waals surface area contributed by atoms with Gasteiger partial charge in [-0.15, -0.1) is 0 Å². The van der Waals surface area contributed by atoms with Crippen LogP contribution in [0.2, 0.25) is 0 Å². The van der Waals surface area contributed by atoms with Gasteiger partial charge in [0.25, 0.3) is 0 Å². The van der Waals surface area contributed by atoms with Crippen molar-refractivity contribution in [3.05, 3.63) is 23.8 Å². The summed E-state index contributed by atoms with van der Waals surface area (Å²) < 4.78 is 0. The lowest BCUT2D eigenvalue weighted by molar-refractivity contribution is -0.120. The van der Waals surface area contributed by atoms with Gasteiger partial charge in [-0.05, 0) is 43.1 Å². The summed E-state index contributed by atoms with van der Waals surface area (Å²) in [6.07, 6.45) is 0. The number of phenols is 1. The van der Waals surface area contributed by atoms with Crippen molar-refractivity contribution < 1.29 is 9.90 Å². The molecule has 1 fully saturated rings. The summed E-state index contributed by atoms with van der Waals surface area (Å²) in [5, 5.41) is 15.4. The molecular weight excluding hydrogens is 216 g/mol. The van der Waals surface area contributed by atoms with Crippen molar-refractivity contribution in [2.24, 2.45) is 11.8 Å². The first-order chi connectivity index (χ1) is 8.08. The van der Waals surface area contributed by atoms with Crippen LogP contribution in [0.1, 0.15) is 12.5 Å². The third-order valence-electron chi connectivity index (χ3n) is 3.32. The predicted molar refractivity (Wildman–Crippen MR) is 67.0 cm³/mol. The highest BCUT2D eigenvalue weighted by Crippen LogP contribution is 2.23. The van der Waals surface area contributed by atoms with Gasteiger partial charge < -0.3 is 15.7 Å². The fourth-order valence-electron chi connectivity index (χ4n) is 2.17. The van der Waals surface area contributed by atoms with E-state index in [4.69, 9.17) is 0 Å². The predicted octanol–water partition coefficient (Wildman–Crippen LogP) is 1.49. The number of benzene rings is 1. The number of nitrogens with one attached hydrogen (secondary N) is 2. The Bertz CT molecular complexity index is 431. The molecule has 2 unspecified atom stereocenters. The summed E-state index contributed by atoms with van der Waals surface area (Å²) in [6.45, 7) is 5.58. The van der Waals surface area contributed by atoms with Gasteiger partial charge in [0.2, 0.25) is 5.91 Å². The number of anilines is 1. The Morgan fingerprint density at radius 2 is 2.24 bits per heavy atom. The Labute approximate surface area is 101 Å². The van der Waals surface area contributed by atoms with Crippen LogP contribution in [-0.2, 0) is 4.79 Å². The minimum Gasteiger partial charge on any atom is -0.508 e. The Hall–Kier alpha value is -1.55. The number of carbonyl (C=O) groups is 1. The quantitative estimate of drug-likeness (QED) is 0.679. The molecule has 4 nitrogen and oxygen atoms in total. The summed E-state index contributed by atoms with van der Waals surface area (Å²) >= 11 is 0. The fourth-order valence-corrected chi connectivity index (χ4v) is 2.17. The van der Waals surface area contributed by atoms with E-state index in [1.807, 2.05) is 6.92 Å². The summed E-state index contributed by atoms with van der Waals surface area (Å²) in [4.78, 5) is 12.0. The monoisotopic (exact) mass is 234 g/mol. The van der Waals surface area contributed by atoms with Crippen LogP contribution < -0.4 is 10.6 Å². The second-order valence-electron chi connectivity index (χ2n) is 4.73. The lowest BCUT2D eigenvalue weighted by atomic mass is 9.97. The molecule has 0 bridgehead atoms. The zero-order valence-electron chi connectivity index (χ0n) is 10.2. The summed E-state index contributed by atoms with van der Waals surface area (Å²) in [5.74, 6) is 0.670. The van der Waals surface area contributed by atoms with E-state index in [1.54, 1.807) is 18.2 Å². The van der Waals surface area contributed by atoms with Crippen LogP contribution in [0, 0.1) is 18.8 Å². The number of amides is 1. The first kappa shape index (κ1) is 11.9. The molecule has 1 saturated heterocycles. The van der Waals surface area contributed by atoms with Crippen LogP contribution in [0.25, 0.3) is 0 Å². The second kappa shape index (κ2) is 4.75. The van der Waals surface area contributed by atoms with Gasteiger partial charge in [0, 0.05) is 12.2 Å². The van der Waals surface area contributed by atoms with Crippen molar-refractivity contribution in [1.82, 2.24) is 5.32 Å². The minimum atomic E-state index is 0.0307. The van der Waals surface area contributed by atoms with Crippen LogP contribution >= 0.6 is 0 Å². The van der Waals surface area contributed by atoms with Crippen molar-refractivity contribution in [1.29, 1.82) is 0 Å². The van der Waals surface area contributed by atoms with Crippen LogP contribution in [0.3, 0.4) is 0 Å². The standard InChI is InChI=1S/C13H18N2O2/c1-8-5-10(16)3-4-12(8)15-13(17)11-7-14-6-9(11)2/h3-5,9,11,14,16H,6-7H2,1-2H3,(H,15,17). The van der Waals surface area contributed by atoms with Gasteiger partial charge in [-0.2, -0.15) is 0 Å². The Morgan fingerprint density at radius 3 is 2.82 bits per heavy atom. The van der Waals surface area contributed by atoms with Gasteiger partial charge in [-0.3, -0.25) is 4.79 Å². The number of rotatable bonds is 2.